The Kier molecular flexibility index (Phi) is 2.99. The minimum absolute atomic E-state index is 0.186. The zero-order valence-electron chi connectivity index (χ0n) is 9.18. The van der Waals surface area contributed by atoms with E-state index in [0.717, 1.165) is 18.9 Å². The van der Waals surface area contributed by atoms with Gasteiger partial charge in [-0.3, -0.25) is 4.79 Å². The van der Waals surface area contributed by atoms with Crippen molar-refractivity contribution in [1.29, 1.82) is 0 Å². The van der Waals surface area contributed by atoms with Gasteiger partial charge in [-0.15, -0.1) is 0 Å². The molecule has 1 aliphatic rings. The Hall–Kier alpha value is -0.530. The minimum Gasteiger partial charge on any atom is -0.355 e. The summed E-state index contributed by atoms with van der Waals surface area (Å²) in [7, 11) is 0. The monoisotopic (exact) mass is 183 g/mol. The quantitative estimate of drug-likeness (QED) is 0.714. The molecule has 1 fully saturated rings. The smallest absolute Gasteiger partial charge is 0.223 e. The molecule has 0 aromatic rings. The molecule has 2 heteroatoms. The standard InChI is InChI=1S/C11H21NO/c1-8(2)5-6-11(4)7-12-10(13)9(11)3/h8-9H,5-7H2,1-4H3,(H,12,13). The van der Waals surface area contributed by atoms with Crippen molar-refractivity contribution >= 4 is 5.91 Å². The van der Waals surface area contributed by atoms with E-state index < -0.39 is 0 Å². The van der Waals surface area contributed by atoms with Gasteiger partial charge in [-0.05, 0) is 17.8 Å². The van der Waals surface area contributed by atoms with E-state index in [1.54, 1.807) is 0 Å². The number of rotatable bonds is 3. The van der Waals surface area contributed by atoms with E-state index >= 15 is 0 Å². The molecule has 1 aliphatic heterocycles. The summed E-state index contributed by atoms with van der Waals surface area (Å²) in [5, 5.41) is 2.94. The lowest BCUT2D eigenvalue weighted by atomic mass is 9.76. The second-order valence-electron chi connectivity index (χ2n) is 5.03. The number of hydrogen-bond acceptors (Lipinski definition) is 1. The molecular weight excluding hydrogens is 162 g/mol. The number of amides is 1. The molecular formula is C11H21NO. The maximum absolute atomic E-state index is 11.3. The van der Waals surface area contributed by atoms with Crippen molar-refractivity contribution < 1.29 is 4.79 Å². The molecule has 1 rings (SSSR count). The van der Waals surface area contributed by atoms with Crippen LogP contribution in [0.5, 0.6) is 0 Å². The van der Waals surface area contributed by atoms with Crippen LogP contribution in [0.2, 0.25) is 0 Å². The maximum atomic E-state index is 11.3. The summed E-state index contributed by atoms with van der Waals surface area (Å²) in [4.78, 5) is 11.3. The molecule has 0 saturated carbocycles. The van der Waals surface area contributed by atoms with E-state index in [4.69, 9.17) is 0 Å². The second kappa shape index (κ2) is 3.69. The summed E-state index contributed by atoms with van der Waals surface area (Å²) in [6, 6.07) is 0. The first-order valence-electron chi connectivity index (χ1n) is 5.23. The maximum Gasteiger partial charge on any atom is 0.223 e. The zero-order valence-corrected chi connectivity index (χ0v) is 9.18. The van der Waals surface area contributed by atoms with Gasteiger partial charge in [-0.25, -0.2) is 0 Å². The third kappa shape index (κ3) is 2.23. The van der Waals surface area contributed by atoms with E-state index in [1.165, 1.54) is 6.42 Å². The van der Waals surface area contributed by atoms with Crippen molar-refractivity contribution in [2.24, 2.45) is 17.3 Å². The van der Waals surface area contributed by atoms with E-state index in [-0.39, 0.29) is 17.2 Å². The van der Waals surface area contributed by atoms with Crippen molar-refractivity contribution in [2.75, 3.05) is 6.54 Å². The van der Waals surface area contributed by atoms with Crippen LogP contribution in [0.3, 0.4) is 0 Å². The van der Waals surface area contributed by atoms with Gasteiger partial charge < -0.3 is 5.32 Å². The lowest BCUT2D eigenvalue weighted by Crippen LogP contribution is -2.25. The first kappa shape index (κ1) is 10.6. The van der Waals surface area contributed by atoms with Gasteiger partial charge in [0.1, 0.15) is 0 Å². The van der Waals surface area contributed by atoms with Crippen molar-refractivity contribution in [3.63, 3.8) is 0 Å². The predicted octanol–water partition coefficient (Wildman–Crippen LogP) is 2.19. The van der Waals surface area contributed by atoms with Crippen LogP contribution in [0.1, 0.15) is 40.5 Å². The summed E-state index contributed by atoms with van der Waals surface area (Å²) in [6.45, 7) is 9.59. The van der Waals surface area contributed by atoms with Gasteiger partial charge in [0.05, 0.1) is 0 Å². The molecule has 0 aromatic carbocycles. The minimum atomic E-state index is 0.186. The van der Waals surface area contributed by atoms with Crippen molar-refractivity contribution in [3.8, 4) is 0 Å². The predicted molar refractivity (Wildman–Crippen MR) is 54.4 cm³/mol. The van der Waals surface area contributed by atoms with Crippen molar-refractivity contribution in [3.05, 3.63) is 0 Å². The van der Waals surface area contributed by atoms with Crippen LogP contribution in [0.4, 0.5) is 0 Å². The molecule has 0 spiro atoms. The Labute approximate surface area is 81.1 Å². The molecule has 1 N–H and O–H groups in total. The Balaban J connectivity index is 2.51. The Morgan fingerprint density at radius 2 is 2.23 bits per heavy atom. The average molecular weight is 183 g/mol. The van der Waals surface area contributed by atoms with Crippen LogP contribution < -0.4 is 5.32 Å². The Morgan fingerprint density at radius 1 is 1.62 bits per heavy atom. The first-order chi connectivity index (χ1) is 5.96. The van der Waals surface area contributed by atoms with E-state index in [2.05, 4.69) is 26.1 Å². The molecule has 0 aromatic heterocycles. The highest BCUT2D eigenvalue weighted by molar-refractivity contribution is 5.81. The molecule has 2 nitrogen and oxygen atoms in total. The Morgan fingerprint density at radius 3 is 2.62 bits per heavy atom. The van der Waals surface area contributed by atoms with Crippen molar-refractivity contribution in [2.45, 2.75) is 40.5 Å². The van der Waals surface area contributed by atoms with E-state index in [9.17, 15) is 4.79 Å². The third-order valence-corrected chi connectivity index (χ3v) is 3.40. The van der Waals surface area contributed by atoms with Gasteiger partial charge >= 0.3 is 0 Å². The summed E-state index contributed by atoms with van der Waals surface area (Å²) >= 11 is 0. The third-order valence-electron chi connectivity index (χ3n) is 3.40. The topological polar surface area (TPSA) is 29.1 Å². The summed E-state index contributed by atoms with van der Waals surface area (Å²) in [5.41, 5.74) is 0.196. The van der Waals surface area contributed by atoms with Gasteiger partial charge in [0, 0.05) is 12.5 Å². The summed E-state index contributed by atoms with van der Waals surface area (Å²) in [6.07, 6.45) is 2.38. The van der Waals surface area contributed by atoms with Gasteiger partial charge in [-0.2, -0.15) is 0 Å². The number of hydrogen-bond donors (Lipinski definition) is 1. The fraction of sp³-hybridized carbons (Fsp3) is 0.909. The molecule has 1 amide bonds. The highest BCUT2D eigenvalue weighted by atomic mass is 16.2. The molecule has 13 heavy (non-hydrogen) atoms. The molecule has 76 valence electrons. The SMILES string of the molecule is CC(C)CCC1(C)CNC(=O)C1C. The fourth-order valence-electron chi connectivity index (χ4n) is 1.84. The second-order valence-corrected chi connectivity index (χ2v) is 5.03. The van der Waals surface area contributed by atoms with Crippen LogP contribution in [-0.4, -0.2) is 12.5 Å². The van der Waals surface area contributed by atoms with Crippen LogP contribution in [-0.2, 0) is 4.79 Å². The van der Waals surface area contributed by atoms with Crippen LogP contribution in [0, 0.1) is 17.3 Å². The summed E-state index contributed by atoms with van der Waals surface area (Å²) < 4.78 is 0. The van der Waals surface area contributed by atoms with Crippen LogP contribution in [0.25, 0.3) is 0 Å². The van der Waals surface area contributed by atoms with E-state index in [1.807, 2.05) is 6.92 Å². The summed E-state index contributed by atoms with van der Waals surface area (Å²) in [5.74, 6) is 1.15. The largest absolute Gasteiger partial charge is 0.355 e. The molecule has 0 radical (unpaired) electrons. The Bertz CT molecular complexity index is 200. The normalized spacial score (nSPS) is 33.9. The molecule has 0 aliphatic carbocycles. The number of carbonyl (C=O) groups excluding carboxylic acids is 1. The van der Waals surface area contributed by atoms with Gasteiger partial charge in [0.2, 0.25) is 5.91 Å². The molecule has 2 atom stereocenters. The highest BCUT2D eigenvalue weighted by Crippen LogP contribution is 2.36. The molecule has 2 unspecified atom stereocenters. The lowest BCUT2D eigenvalue weighted by molar-refractivity contribution is -0.123. The van der Waals surface area contributed by atoms with Gasteiger partial charge in [0.15, 0.2) is 0 Å². The molecule has 0 bridgehead atoms. The van der Waals surface area contributed by atoms with Crippen LogP contribution >= 0.6 is 0 Å². The van der Waals surface area contributed by atoms with E-state index in [0.29, 0.717) is 0 Å². The van der Waals surface area contributed by atoms with Crippen LogP contribution in [0.15, 0.2) is 0 Å². The average Bonchev–Trinajstić information content (AvgIpc) is 2.31. The molecule has 1 heterocycles. The van der Waals surface area contributed by atoms with Gasteiger partial charge in [0.25, 0.3) is 0 Å². The fourth-order valence-corrected chi connectivity index (χ4v) is 1.84. The number of nitrogens with one attached hydrogen (secondary N) is 1. The number of carbonyl (C=O) groups is 1. The first-order valence-corrected chi connectivity index (χ1v) is 5.23. The lowest BCUT2D eigenvalue weighted by Gasteiger charge is -2.27. The highest BCUT2D eigenvalue weighted by Gasteiger charge is 2.40. The van der Waals surface area contributed by atoms with Gasteiger partial charge in [-0.1, -0.05) is 34.1 Å². The molecule has 1 saturated heterocycles. The zero-order chi connectivity index (χ0) is 10.1. The van der Waals surface area contributed by atoms with Crippen molar-refractivity contribution in [1.82, 2.24) is 5.32 Å².